The highest BCUT2D eigenvalue weighted by atomic mass is 35.5. The van der Waals surface area contributed by atoms with Gasteiger partial charge < -0.3 is 20.1 Å². The smallest absolute Gasteiger partial charge is 0.251 e. The molecule has 1 aromatic carbocycles. The predicted molar refractivity (Wildman–Crippen MR) is 91.5 cm³/mol. The number of hydrogen-bond acceptors (Lipinski definition) is 4. The molecule has 1 unspecified atom stereocenters. The van der Waals surface area contributed by atoms with Gasteiger partial charge in [-0.05, 0) is 32.5 Å². The molecule has 0 aromatic heterocycles. The highest BCUT2D eigenvalue weighted by Gasteiger charge is 2.15. The molecule has 0 aliphatic carbocycles. The van der Waals surface area contributed by atoms with Crippen LogP contribution in [0.2, 0.25) is 0 Å². The molecule has 1 atom stereocenters. The van der Waals surface area contributed by atoms with Crippen molar-refractivity contribution in [1.82, 2.24) is 10.6 Å². The summed E-state index contributed by atoms with van der Waals surface area (Å²) in [7, 11) is 4.99. The fourth-order valence-corrected chi connectivity index (χ4v) is 1.93. The normalized spacial score (nSPS) is 11.1. The lowest BCUT2D eigenvalue weighted by atomic mass is 10.0. The molecule has 22 heavy (non-hydrogen) atoms. The van der Waals surface area contributed by atoms with Gasteiger partial charge in [-0.1, -0.05) is 6.08 Å². The average molecular weight is 329 g/mol. The van der Waals surface area contributed by atoms with Crippen LogP contribution >= 0.6 is 12.4 Å². The molecule has 5 nitrogen and oxygen atoms in total. The highest BCUT2D eigenvalue weighted by Crippen LogP contribution is 2.33. The third-order valence-corrected chi connectivity index (χ3v) is 3.24. The lowest BCUT2D eigenvalue weighted by Crippen LogP contribution is -2.37. The number of likely N-dealkylation sites (N-methyl/N-ethyl adjacent to an activating group) is 1. The highest BCUT2D eigenvalue weighted by molar-refractivity contribution is 5.95. The molecule has 0 saturated heterocycles. The minimum Gasteiger partial charge on any atom is -0.493 e. The lowest BCUT2D eigenvalue weighted by molar-refractivity contribution is 0.0950. The van der Waals surface area contributed by atoms with E-state index in [1.54, 1.807) is 26.4 Å². The molecule has 1 aromatic rings. The average Bonchev–Trinajstić information content (AvgIpc) is 2.51. The van der Waals surface area contributed by atoms with Crippen LogP contribution in [0.1, 0.15) is 22.8 Å². The van der Waals surface area contributed by atoms with Crippen LogP contribution in [0.3, 0.4) is 0 Å². The number of methoxy groups -OCH3 is 2. The van der Waals surface area contributed by atoms with Gasteiger partial charge in [0.1, 0.15) is 0 Å². The van der Waals surface area contributed by atoms with Crippen molar-refractivity contribution < 1.29 is 14.3 Å². The quantitative estimate of drug-likeness (QED) is 0.718. The topological polar surface area (TPSA) is 59.6 Å². The van der Waals surface area contributed by atoms with Crippen molar-refractivity contribution in [3.8, 4) is 11.5 Å². The molecule has 0 fully saturated rings. The second-order valence-electron chi connectivity index (χ2n) is 4.76. The molecular formula is C16H25ClN2O3. The fourth-order valence-electron chi connectivity index (χ4n) is 1.93. The SMILES string of the molecule is C=CCc1cc(C(=O)NCC(C)NC)cc(OC)c1OC.Cl. The van der Waals surface area contributed by atoms with Gasteiger partial charge in [0, 0.05) is 23.7 Å². The first-order valence-corrected chi connectivity index (χ1v) is 6.88. The summed E-state index contributed by atoms with van der Waals surface area (Å²) in [6, 6.07) is 3.70. The number of rotatable bonds is 8. The summed E-state index contributed by atoms with van der Waals surface area (Å²) >= 11 is 0. The number of carbonyl (C=O) groups is 1. The zero-order chi connectivity index (χ0) is 15.8. The number of benzene rings is 1. The van der Waals surface area contributed by atoms with Gasteiger partial charge in [-0.3, -0.25) is 4.79 Å². The number of allylic oxidation sites excluding steroid dienone is 1. The minimum absolute atomic E-state index is 0. The molecule has 0 aliphatic heterocycles. The zero-order valence-electron chi connectivity index (χ0n) is 13.6. The number of ether oxygens (including phenoxy) is 2. The third kappa shape index (κ3) is 5.24. The monoisotopic (exact) mass is 328 g/mol. The van der Waals surface area contributed by atoms with Gasteiger partial charge in [-0.15, -0.1) is 19.0 Å². The van der Waals surface area contributed by atoms with Gasteiger partial charge in [0.2, 0.25) is 0 Å². The Kier molecular flexibility index (Phi) is 9.29. The maximum atomic E-state index is 12.2. The minimum atomic E-state index is -0.136. The van der Waals surface area contributed by atoms with Crippen LogP contribution in [0.15, 0.2) is 24.8 Å². The molecular weight excluding hydrogens is 304 g/mol. The molecule has 6 heteroatoms. The Labute approximate surface area is 138 Å². The van der Waals surface area contributed by atoms with E-state index in [0.717, 1.165) is 5.56 Å². The Morgan fingerprint density at radius 2 is 2.05 bits per heavy atom. The first-order chi connectivity index (χ1) is 10.1. The Bertz CT molecular complexity index is 506. The Hall–Kier alpha value is -1.72. The third-order valence-electron chi connectivity index (χ3n) is 3.24. The van der Waals surface area contributed by atoms with E-state index in [4.69, 9.17) is 9.47 Å². The van der Waals surface area contributed by atoms with E-state index in [2.05, 4.69) is 17.2 Å². The van der Waals surface area contributed by atoms with Gasteiger partial charge in [0.25, 0.3) is 5.91 Å². The van der Waals surface area contributed by atoms with Crippen molar-refractivity contribution in [2.45, 2.75) is 19.4 Å². The van der Waals surface area contributed by atoms with E-state index in [9.17, 15) is 4.79 Å². The van der Waals surface area contributed by atoms with Crippen LogP contribution in [0.5, 0.6) is 11.5 Å². The molecule has 0 radical (unpaired) electrons. The van der Waals surface area contributed by atoms with Crippen molar-refractivity contribution in [3.63, 3.8) is 0 Å². The Morgan fingerprint density at radius 3 is 2.55 bits per heavy atom. The summed E-state index contributed by atoms with van der Waals surface area (Å²) in [6.45, 7) is 6.28. The van der Waals surface area contributed by atoms with E-state index in [-0.39, 0.29) is 24.4 Å². The van der Waals surface area contributed by atoms with E-state index in [1.807, 2.05) is 20.0 Å². The number of amides is 1. The van der Waals surface area contributed by atoms with Crippen molar-refractivity contribution in [1.29, 1.82) is 0 Å². The number of carbonyl (C=O) groups excluding carboxylic acids is 1. The van der Waals surface area contributed by atoms with Crippen LogP contribution in [-0.2, 0) is 6.42 Å². The number of nitrogens with one attached hydrogen (secondary N) is 2. The van der Waals surface area contributed by atoms with Crippen LogP contribution < -0.4 is 20.1 Å². The zero-order valence-corrected chi connectivity index (χ0v) is 14.4. The van der Waals surface area contributed by atoms with Gasteiger partial charge in [-0.25, -0.2) is 0 Å². The van der Waals surface area contributed by atoms with E-state index < -0.39 is 0 Å². The van der Waals surface area contributed by atoms with Gasteiger partial charge in [-0.2, -0.15) is 0 Å². The van der Waals surface area contributed by atoms with Crippen LogP contribution in [0.25, 0.3) is 0 Å². The second kappa shape index (κ2) is 10.1. The maximum absolute atomic E-state index is 12.2. The fraction of sp³-hybridized carbons (Fsp3) is 0.438. The predicted octanol–water partition coefficient (Wildman–Crippen LogP) is 2.19. The van der Waals surface area contributed by atoms with Gasteiger partial charge in [0.05, 0.1) is 14.2 Å². The van der Waals surface area contributed by atoms with Crippen molar-refractivity contribution in [2.75, 3.05) is 27.8 Å². The van der Waals surface area contributed by atoms with Crippen molar-refractivity contribution >= 4 is 18.3 Å². The second-order valence-corrected chi connectivity index (χ2v) is 4.76. The molecule has 0 saturated carbocycles. The van der Waals surface area contributed by atoms with Crippen molar-refractivity contribution in [2.24, 2.45) is 0 Å². The lowest BCUT2D eigenvalue weighted by Gasteiger charge is -2.15. The van der Waals surface area contributed by atoms with Gasteiger partial charge in [0.15, 0.2) is 11.5 Å². The molecule has 1 rings (SSSR count). The summed E-state index contributed by atoms with van der Waals surface area (Å²) in [6.07, 6.45) is 2.37. The molecule has 0 spiro atoms. The standard InChI is InChI=1S/C16H24N2O3.ClH/c1-6-7-12-8-13(9-14(20-4)15(12)21-5)16(19)18-10-11(2)17-3;/h6,8-9,11,17H,1,7,10H2,2-5H3,(H,18,19);1H. The summed E-state index contributed by atoms with van der Waals surface area (Å²) in [5.74, 6) is 1.05. The Morgan fingerprint density at radius 1 is 1.36 bits per heavy atom. The van der Waals surface area contributed by atoms with Crippen LogP contribution in [-0.4, -0.2) is 39.8 Å². The molecule has 0 heterocycles. The van der Waals surface area contributed by atoms with E-state index >= 15 is 0 Å². The Balaban J connectivity index is 0.00000441. The van der Waals surface area contributed by atoms with Gasteiger partial charge >= 0.3 is 0 Å². The molecule has 2 N–H and O–H groups in total. The van der Waals surface area contributed by atoms with Crippen LogP contribution in [0, 0.1) is 0 Å². The molecule has 124 valence electrons. The van der Waals surface area contributed by atoms with E-state index in [1.165, 1.54) is 0 Å². The van der Waals surface area contributed by atoms with Crippen molar-refractivity contribution in [3.05, 3.63) is 35.9 Å². The number of hydrogen-bond donors (Lipinski definition) is 2. The summed E-state index contributed by atoms with van der Waals surface area (Å²) in [4.78, 5) is 12.2. The first kappa shape index (κ1) is 20.3. The summed E-state index contributed by atoms with van der Waals surface area (Å²) in [5.41, 5.74) is 1.42. The van der Waals surface area contributed by atoms with E-state index in [0.29, 0.717) is 30.0 Å². The summed E-state index contributed by atoms with van der Waals surface area (Å²) in [5, 5.41) is 5.96. The maximum Gasteiger partial charge on any atom is 0.251 e. The first-order valence-electron chi connectivity index (χ1n) is 6.88. The van der Waals surface area contributed by atoms with Crippen LogP contribution in [0.4, 0.5) is 0 Å². The summed E-state index contributed by atoms with van der Waals surface area (Å²) < 4.78 is 10.7. The molecule has 0 aliphatic rings. The largest absolute Gasteiger partial charge is 0.493 e. The molecule has 0 bridgehead atoms. The molecule has 1 amide bonds. The number of halogens is 1.